The van der Waals surface area contributed by atoms with E-state index in [0.29, 0.717) is 12.8 Å². The third-order valence-corrected chi connectivity index (χ3v) is 3.58. The minimum Gasteiger partial charge on any atom is -0.481 e. The molecule has 0 aromatic heterocycles. The molecule has 2 amide bonds. The van der Waals surface area contributed by atoms with E-state index in [1.807, 2.05) is 0 Å². The van der Waals surface area contributed by atoms with Crippen LogP contribution < -0.4 is 10.6 Å². The highest BCUT2D eigenvalue weighted by Crippen LogP contribution is 2.45. The molecule has 0 heterocycles. The summed E-state index contributed by atoms with van der Waals surface area (Å²) in [5, 5.41) is 14.5. The first-order valence-corrected chi connectivity index (χ1v) is 5.90. The predicted molar refractivity (Wildman–Crippen MR) is 58.1 cm³/mol. The third kappa shape index (κ3) is 2.46. The minimum atomic E-state index is -0.798. The monoisotopic (exact) mass is 226 g/mol. The normalized spacial score (nSPS) is 22.8. The summed E-state index contributed by atoms with van der Waals surface area (Å²) >= 11 is 0. The van der Waals surface area contributed by atoms with Gasteiger partial charge in [-0.3, -0.25) is 4.79 Å². The van der Waals surface area contributed by atoms with Crippen molar-refractivity contribution in [3.63, 3.8) is 0 Å². The van der Waals surface area contributed by atoms with E-state index in [4.69, 9.17) is 5.11 Å². The van der Waals surface area contributed by atoms with Crippen LogP contribution in [0, 0.1) is 5.41 Å². The molecule has 0 atom stereocenters. The zero-order valence-electron chi connectivity index (χ0n) is 9.29. The predicted octanol–water partition coefficient (Wildman–Crippen LogP) is 1.09. The van der Waals surface area contributed by atoms with Crippen LogP contribution in [0.3, 0.4) is 0 Å². The van der Waals surface area contributed by atoms with Gasteiger partial charge in [0.05, 0.1) is 5.41 Å². The lowest BCUT2D eigenvalue weighted by molar-refractivity contribution is -0.143. The molecule has 90 valence electrons. The lowest BCUT2D eigenvalue weighted by Crippen LogP contribution is -2.44. The molecule has 16 heavy (non-hydrogen) atoms. The average Bonchev–Trinajstić information content (AvgIpc) is 2.88. The van der Waals surface area contributed by atoms with Crippen molar-refractivity contribution in [1.29, 1.82) is 0 Å². The summed E-state index contributed by atoms with van der Waals surface area (Å²) in [7, 11) is 0. The van der Waals surface area contributed by atoms with E-state index >= 15 is 0 Å². The van der Waals surface area contributed by atoms with Crippen molar-refractivity contribution in [2.24, 2.45) is 5.41 Å². The van der Waals surface area contributed by atoms with Crippen molar-refractivity contribution in [3.8, 4) is 0 Å². The highest BCUT2D eigenvalue weighted by Gasteiger charge is 2.50. The molecule has 0 radical (unpaired) electrons. The maximum atomic E-state index is 11.5. The number of nitrogens with one attached hydrogen (secondary N) is 2. The van der Waals surface area contributed by atoms with Crippen molar-refractivity contribution in [3.05, 3.63) is 0 Å². The number of carbonyl (C=O) groups excluding carboxylic acids is 1. The Hall–Kier alpha value is -1.26. The van der Waals surface area contributed by atoms with Gasteiger partial charge in [-0.2, -0.15) is 0 Å². The fraction of sp³-hybridized carbons (Fsp3) is 0.818. The standard InChI is InChI=1S/C11H18N2O3/c14-9(15)11(5-6-11)7-12-10(16)13-8-3-1-2-4-8/h8H,1-7H2,(H,14,15)(H2,12,13,16). The van der Waals surface area contributed by atoms with E-state index in [1.165, 1.54) is 12.8 Å². The second-order valence-corrected chi connectivity index (χ2v) is 4.89. The van der Waals surface area contributed by atoms with Crippen molar-refractivity contribution >= 4 is 12.0 Å². The van der Waals surface area contributed by atoms with Crippen molar-refractivity contribution in [2.75, 3.05) is 6.54 Å². The van der Waals surface area contributed by atoms with Gasteiger partial charge in [-0.05, 0) is 25.7 Å². The molecular formula is C11H18N2O3. The molecule has 0 spiro atoms. The SMILES string of the molecule is O=C(NCC1(C(=O)O)CC1)NC1CCCC1. The summed E-state index contributed by atoms with van der Waals surface area (Å²) in [6.07, 6.45) is 5.76. The summed E-state index contributed by atoms with van der Waals surface area (Å²) in [6.45, 7) is 0.251. The van der Waals surface area contributed by atoms with Gasteiger partial charge < -0.3 is 15.7 Å². The lowest BCUT2D eigenvalue weighted by atomic mass is 10.1. The Balaban J connectivity index is 1.69. The fourth-order valence-corrected chi connectivity index (χ4v) is 2.17. The van der Waals surface area contributed by atoms with Gasteiger partial charge in [0.25, 0.3) is 0 Å². The number of rotatable bonds is 4. The van der Waals surface area contributed by atoms with Crippen LogP contribution in [0.2, 0.25) is 0 Å². The Kier molecular flexibility index (Phi) is 3.03. The zero-order valence-corrected chi connectivity index (χ0v) is 9.29. The van der Waals surface area contributed by atoms with Gasteiger partial charge in [-0.15, -0.1) is 0 Å². The number of carboxylic acid groups (broad SMARTS) is 1. The molecule has 5 nitrogen and oxygen atoms in total. The van der Waals surface area contributed by atoms with Gasteiger partial charge in [0, 0.05) is 12.6 Å². The van der Waals surface area contributed by atoms with Crippen LogP contribution in [0.1, 0.15) is 38.5 Å². The van der Waals surface area contributed by atoms with E-state index in [-0.39, 0.29) is 18.6 Å². The largest absolute Gasteiger partial charge is 0.481 e. The van der Waals surface area contributed by atoms with Gasteiger partial charge in [-0.25, -0.2) is 4.79 Å². The van der Waals surface area contributed by atoms with E-state index in [1.54, 1.807) is 0 Å². The van der Waals surface area contributed by atoms with Gasteiger partial charge in [0.15, 0.2) is 0 Å². The molecule has 5 heteroatoms. The Morgan fingerprint density at radius 1 is 1.25 bits per heavy atom. The molecule has 0 unspecified atom stereocenters. The molecule has 0 bridgehead atoms. The van der Waals surface area contributed by atoms with Crippen LogP contribution in [-0.4, -0.2) is 29.7 Å². The van der Waals surface area contributed by atoms with Crippen molar-refractivity contribution < 1.29 is 14.7 Å². The molecule has 2 fully saturated rings. The number of amides is 2. The summed E-state index contributed by atoms with van der Waals surface area (Å²) in [5.74, 6) is -0.798. The van der Waals surface area contributed by atoms with Crippen molar-refractivity contribution in [1.82, 2.24) is 10.6 Å². The van der Waals surface area contributed by atoms with Crippen LogP contribution >= 0.6 is 0 Å². The van der Waals surface area contributed by atoms with Crippen LogP contribution in [0.5, 0.6) is 0 Å². The van der Waals surface area contributed by atoms with Gasteiger partial charge >= 0.3 is 12.0 Å². The molecule has 0 aromatic rings. The maximum Gasteiger partial charge on any atom is 0.315 e. The third-order valence-electron chi connectivity index (χ3n) is 3.58. The number of hydrogen-bond donors (Lipinski definition) is 3. The minimum absolute atomic E-state index is 0.223. The maximum absolute atomic E-state index is 11.5. The highest BCUT2D eigenvalue weighted by atomic mass is 16.4. The molecule has 2 rings (SSSR count). The van der Waals surface area contributed by atoms with Crippen molar-refractivity contribution in [2.45, 2.75) is 44.6 Å². The summed E-state index contributed by atoms with van der Waals surface area (Å²) in [6, 6.07) is 0.0550. The second kappa shape index (κ2) is 4.31. The molecule has 0 saturated heterocycles. The number of carboxylic acids is 1. The lowest BCUT2D eigenvalue weighted by Gasteiger charge is -2.15. The van der Waals surface area contributed by atoms with Gasteiger partial charge in [0.1, 0.15) is 0 Å². The Morgan fingerprint density at radius 3 is 2.38 bits per heavy atom. The number of urea groups is 1. The molecule has 2 aliphatic rings. The van der Waals surface area contributed by atoms with Crippen LogP contribution in [0.25, 0.3) is 0 Å². The quantitative estimate of drug-likeness (QED) is 0.671. The van der Waals surface area contributed by atoms with E-state index in [2.05, 4.69) is 10.6 Å². The van der Waals surface area contributed by atoms with E-state index in [9.17, 15) is 9.59 Å². The van der Waals surface area contributed by atoms with Crippen LogP contribution in [0.15, 0.2) is 0 Å². The molecular weight excluding hydrogens is 208 g/mol. The Bertz CT molecular complexity index is 294. The number of carbonyl (C=O) groups is 2. The topological polar surface area (TPSA) is 78.4 Å². The smallest absolute Gasteiger partial charge is 0.315 e. The summed E-state index contributed by atoms with van der Waals surface area (Å²) in [4.78, 5) is 22.3. The Labute approximate surface area is 94.6 Å². The number of hydrogen-bond acceptors (Lipinski definition) is 2. The van der Waals surface area contributed by atoms with Crippen LogP contribution in [-0.2, 0) is 4.79 Å². The molecule has 2 saturated carbocycles. The first-order valence-electron chi connectivity index (χ1n) is 5.90. The number of aliphatic carboxylic acids is 1. The zero-order chi connectivity index (χ0) is 11.6. The van der Waals surface area contributed by atoms with Gasteiger partial charge in [-0.1, -0.05) is 12.8 Å². The molecule has 3 N–H and O–H groups in total. The fourth-order valence-electron chi connectivity index (χ4n) is 2.17. The molecule has 2 aliphatic carbocycles. The van der Waals surface area contributed by atoms with E-state index < -0.39 is 11.4 Å². The summed E-state index contributed by atoms with van der Waals surface area (Å²) < 4.78 is 0. The second-order valence-electron chi connectivity index (χ2n) is 4.89. The Morgan fingerprint density at radius 2 is 1.88 bits per heavy atom. The van der Waals surface area contributed by atoms with Gasteiger partial charge in [0.2, 0.25) is 0 Å². The highest BCUT2D eigenvalue weighted by molar-refractivity contribution is 5.80. The van der Waals surface area contributed by atoms with Crippen LogP contribution in [0.4, 0.5) is 4.79 Å². The van der Waals surface area contributed by atoms with E-state index in [0.717, 1.165) is 12.8 Å². The molecule has 0 aliphatic heterocycles. The first-order chi connectivity index (χ1) is 7.62. The first kappa shape index (κ1) is 11.2. The summed E-state index contributed by atoms with van der Waals surface area (Å²) in [5.41, 5.74) is -0.674. The average molecular weight is 226 g/mol. The molecule has 0 aromatic carbocycles.